The molecule has 14 heteroatoms. The fourth-order valence-electron chi connectivity index (χ4n) is 8.16. The first-order valence-electron chi connectivity index (χ1n) is 18.0. The number of carbonyl (C=O) groups is 4. The van der Waals surface area contributed by atoms with Gasteiger partial charge in [-0.3, -0.25) is 28.5 Å². The summed E-state index contributed by atoms with van der Waals surface area (Å²) in [6.07, 6.45) is 7.64. The summed E-state index contributed by atoms with van der Waals surface area (Å²) in [6.45, 7) is 5.61. The van der Waals surface area contributed by atoms with E-state index in [1.165, 1.54) is 19.2 Å². The molecule has 278 valence electrons. The van der Waals surface area contributed by atoms with Gasteiger partial charge in [0.1, 0.15) is 30.4 Å². The molecule has 7 rings (SSSR count). The Morgan fingerprint density at radius 1 is 1.00 bits per heavy atom. The van der Waals surface area contributed by atoms with Gasteiger partial charge >= 0.3 is 6.18 Å². The third kappa shape index (κ3) is 7.32. The molecule has 1 amide bonds. The Kier molecular flexibility index (Phi) is 9.22. The van der Waals surface area contributed by atoms with Crippen LogP contribution >= 0.6 is 0 Å². The molecule has 1 aliphatic carbocycles. The molecule has 0 radical (unpaired) electrons. The lowest BCUT2D eigenvalue weighted by Gasteiger charge is -2.27. The van der Waals surface area contributed by atoms with Crippen LogP contribution in [0.4, 0.5) is 13.2 Å². The van der Waals surface area contributed by atoms with E-state index in [0.717, 1.165) is 21.4 Å². The number of Topliss-reactive ketones (excluding diaryl/α,β-unsaturated/α-hetero) is 3. The number of aromatic nitrogens is 6. The zero-order chi connectivity index (χ0) is 37.9. The standard InChI is InChI=1S/C39H42F3N7O4/c1-23(50)35-29-15-26(27-19-43-24(2)44-20-27)14-25-8-6-5-7-11-37(3,4)33(52)9-12-38-17-30(31(51)16-28-10-13-47(45-28)22-39(40,41)42)49(32(38)18-38)34(53)21-48(46-35)36(25)29/h5-6,10,13-15,19-20,30,32H,7-9,11-12,16-18,21-22H2,1-4H3/t30-,32+,38-/m0/s1. The lowest BCUT2D eigenvalue weighted by atomic mass is 9.79. The second kappa shape index (κ2) is 13.4. The number of hydrogen-bond acceptors (Lipinski definition) is 8. The largest absolute Gasteiger partial charge is 0.408 e. The van der Waals surface area contributed by atoms with Gasteiger partial charge in [-0.1, -0.05) is 26.0 Å². The van der Waals surface area contributed by atoms with Gasteiger partial charge in [0.25, 0.3) is 0 Å². The highest BCUT2D eigenvalue weighted by atomic mass is 19.4. The normalized spacial score (nSPS) is 23.3. The van der Waals surface area contributed by atoms with Crippen LogP contribution in [0.25, 0.3) is 22.0 Å². The zero-order valence-electron chi connectivity index (χ0n) is 30.2. The maximum atomic E-state index is 14.5. The molecule has 3 atom stereocenters. The van der Waals surface area contributed by atoms with Gasteiger partial charge in [-0.2, -0.15) is 23.4 Å². The highest BCUT2D eigenvalue weighted by molar-refractivity contribution is 6.07. The molecule has 0 unspecified atom stereocenters. The molecule has 11 nitrogen and oxygen atoms in total. The van der Waals surface area contributed by atoms with Crippen molar-refractivity contribution in [1.82, 2.24) is 34.4 Å². The molecule has 0 N–H and O–H groups in total. The number of hydrogen-bond donors (Lipinski definition) is 0. The summed E-state index contributed by atoms with van der Waals surface area (Å²) in [6, 6.07) is 4.12. The van der Waals surface area contributed by atoms with Gasteiger partial charge in [0.15, 0.2) is 11.6 Å². The van der Waals surface area contributed by atoms with Crippen LogP contribution in [-0.2, 0) is 40.3 Å². The molecule has 4 aromatic rings. The van der Waals surface area contributed by atoms with Gasteiger partial charge in [-0.15, -0.1) is 0 Å². The third-order valence-electron chi connectivity index (χ3n) is 11.2. The quantitative estimate of drug-likeness (QED) is 0.169. The molecular weight excluding hydrogens is 687 g/mol. The average Bonchev–Trinajstić information content (AvgIpc) is 3.34. The van der Waals surface area contributed by atoms with Crippen molar-refractivity contribution in [2.24, 2.45) is 10.8 Å². The molecule has 2 fully saturated rings. The van der Waals surface area contributed by atoms with Crippen molar-refractivity contribution in [2.75, 3.05) is 0 Å². The summed E-state index contributed by atoms with van der Waals surface area (Å²) in [5.74, 6) is -0.204. The smallest absolute Gasteiger partial charge is 0.327 e. The molecule has 0 spiro atoms. The lowest BCUT2D eigenvalue weighted by molar-refractivity contribution is -0.142. The van der Waals surface area contributed by atoms with E-state index in [1.54, 1.807) is 28.9 Å². The number of aryl methyl sites for hydroxylation is 1. The first kappa shape index (κ1) is 36.4. The number of alkyl halides is 3. The molecule has 3 aromatic heterocycles. The molecule has 53 heavy (non-hydrogen) atoms. The van der Waals surface area contributed by atoms with Crippen molar-refractivity contribution >= 4 is 34.2 Å². The molecule has 1 saturated heterocycles. The Bertz CT molecular complexity index is 2150. The first-order chi connectivity index (χ1) is 25.0. The van der Waals surface area contributed by atoms with Crippen LogP contribution in [0.15, 0.2) is 48.9 Å². The minimum absolute atomic E-state index is 0.129. The molecular formula is C39H42F3N7O4. The van der Waals surface area contributed by atoms with Gasteiger partial charge < -0.3 is 4.90 Å². The van der Waals surface area contributed by atoms with Crippen LogP contribution < -0.4 is 0 Å². The number of amides is 1. The first-order valence-corrected chi connectivity index (χ1v) is 18.0. The molecule has 2 bridgehead atoms. The highest BCUT2D eigenvalue weighted by Crippen LogP contribution is 2.62. The second-order valence-corrected chi connectivity index (χ2v) is 15.5. The van der Waals surface area contributed by atoms with Gasteiger partial charge in [0.2, 0.25) is 5.91 Å². The van der Waals surface area contributed by atoms with E-state index in [0.29, 0.717) is 61.7 Å². The van der Waals surface area contributed by atoms with E-state index in [2.05, 4.69) is 26.2 Å². The molecule has 2 aliphatic heterocycles. The number of rotatable bonds is 6. The Hall–Kier alpha value is -5.01. The monoisotopic (exact) mass is 729 g/mol. The Labute approximate surface area is 304 Å². The van der Waals surface area contributed by atoms with Crippen LogP contribution in [-0.4, -0.2) is 75.9 Å². The van der Waals surface area contributed by atoms with Crippen LogP contribution in [0.2, 0.25) is 0 Å². The number of benzene rings is 1. The highest BCUT2D eigenvalue weighted by Gasteiger charge is 2.66. The van der Waals surface area contributed by atoms with Crippen molar-refractivity contribution in [3.05, 3.63) is 71.7 Å². The van der Waals surface area contributed by atoms with Crippen LogP contribution in [0.5, 0.6) is 0 Å². The predicted molar refractivity (Wildman–Crippen MR) is 189 cm³/mol. The fourth-order valence-corrected chi connectivity index (χ4v) is 8.16. The minimum atomic E-state index is -4.47. The van der Waals surface area contributed by atoms with Gasteiger partial charge in [-0.25, -0.2) is 9.97 Å². The van der Waals surface area contributed by atoms with E-state index in [9.17, 15) is 32.3 Å². The van der Waals surface area contributed by atoms with Crippen molar-refractivity contribution in [3.63, 3.8) is 0 Å². The third-order valence-corrected chi connectivity index (χ3v) is 11.2. The number of nitrogens with zero attached hydrogens (tertiary/aromatic N) is 7. The molecule has 5 heterocycles. The fraction of sp³-hybridized carbons (Fsp3) is 0.487. The van der Waals surface area contributed by atoms with E-state index in [-0.39, 0.29) is 53.7 Å². The lowest BCUT2D eigenvalue weighted by Crippen LogP contribution is -2.45. The van der Waals surface area contributed by atoms with Crippen LogP contribution in [0.3, 0.4) is 0 Å². The predicted octanol–water partition coefficient (Wildman–Crippen LogP) is 6.20. The topological polar surface area (TPSA) is 133 Å². The molecule has 1 aromatic carbocycles. The maximum absolute atomic E-state index is 14.5. The Balaban J connectivity index is 1.28. The van der Waals surface area contributed by atoms with E-state index in [1.807, 2.05) is 32.1 Å². The number of piperidine rings is 1. The van der Waals surface area contributed by atoms with Crippen LogP contribution in [0.1, 0.15) is 86.9 Å². The SMILES string of the molecule is CC(=O)c1nn2c3c(cc(-c4cnc(C)nc4)cc13)CC=CCCC(C)(C)C(=O)CC[C@@]13C[C@@H](C(=O)Cc4ccn(CC(F)(F)F)n4)N(C(=O)C2)[C@@H]1C3. The van der Waals surface area contributed by atoms with Gasteiger partial charge in [-0.05, 0) is 80.2 Å². The maximum Gasteiger partial charge on any atom is 0.408 e. The van der Waals surface area contributed by atoms with Crippen molar-refractivity contribution in [2.45, 2.75) is 110 Å². The van der Waals surface area contributed by atoms with Crippen molar-refractivity contribution in [1.29, 1.82) is 0 Å². The van der Waals surface area contributed by atoms with Crippen molar-refractivity contribution < 1.29 is 32.3 Å². The number of ketones is 3. The van der Waals surface area contributed by atoms with E-state index >= 15 is 0 Å². The number of carbonyl (C=O) groups excluding carboxylic acids is 4. The number of allylic oxidation sites excluding steroid dienone is 2. The minimum Gasteiger partial charge on any atom is -0.327 e. The van der Waals surface area contributed by atoms with Crippen LogP contribution in [0, 0.1) is 17.8 Å². The van der Waals surface area contributed by atoms with E-state index in [4.69, 9.17) is 0 Å². The second-order valence-electron chi connectivity index (χ2n) is 15.5. The summed E-state index contributed by atoms with van der Waals surface area (Å²) in [5.41, 5.74) is 2.40. The van der Waals surface area contributed by atoms with Gasteiger partial charge in [0, 0.05) is 54.3 Å². The summed E-state index contributed by atoms with van der Waals surface area (Å²) >= 11 is 0. The summed E-state index contributed by atoms with van der Waals surface area (Å²) in [7, 11) is 0. The summed E-state index contributed by atoms with van der Waals surface area (Å²) < 4.78 is 41.3. The summed E-state index contributed by atoms with van der Waals surface area (Å²) in [5, 5.41) is 9.24. The molecule has 3 aliphatic rings. The molecule has 1 saturated carbocycles. The number of halogens is 3. The zero-order valence-corrected chi connectivity index (χ0v) is 30.2. The Morgan fingerprint density at radius 2 is 1.75 bits per heavy atom. The average molecular weight is 730 g/mol. The van der Waals surface area contributed by atoms with E-state index < -0.39 is 29.6 Å². The Morgan fingerprint density at radius 3 is 2.47 bits per heavy atom. The van der Waals surface area contributed by atoms with Crippen molar-refractivity contribution in [3.8, 4) is 11.1 Å². The van der Waals surface area contributed by atoms with Gasteiger partial charge in [0.05, 0.1) is 23.7 Å². The summed E-state index contributed by atoms with van der Waals surface area (Å²) in [4.78, 5) is 65.3.